The summed E-state index contributed by atoms with van der Waals surface area (Å²) in [6.45, 7) is 0.283. The van der Waals surface area contributed by atoms with E-state index in [1.165, 1.54) is 27.7 Å². The standard InChI is InChI=1S/C21H16ClN5O2/c22-19-4-2-1-3-15(19)13-26-14-16(5-10-20(26)28)21(29)25-17-6-8-18(9-7-17)27-23-11-12-24-27/h1-12,14H,13H2,(H,25,29). The minimum Gasteiger partial charge on any atom is -0.322 e. The minimum absolute atomic E-state index is 0.211. The molecule has 2 heterocycles. The average Bonchev–Trinajstić information content (AvgIpc) is 3.26. The molecule has 7 nitrogen and oxygen atoms in total. The van der Waals surface area contributed by atoms with Crippen molar-refractivity contribution in [2.75, 3.05) is 5.32 Å². The summed E-state index contributed by atoms with van der Waals surface area (Å²) in [6, 6.07) is 17.3. The zero-order valence-corrected chi connectivity index (χ0v) is 16.0. The van der Waals surface area contributed by atoms with Gasteiger partial charge in [-0.3, -0.25) is 9.59 Å². The Morgan fingerprint density at radius 3 is 2.41 bits per heavy atom. The van der Waals surface area contributed by atoms with Crippen molar-refractivity contribution in [2.24, 2.45) is 0 Å². The Morgan fingerprint density at radius 1 is 0.966 bits per heavy atom. The molecule has 0 unspecified atom stereocenters. The molecule has 0 aliphatic rings. The predicted molar refractivity (Wildman–Crippen MR) is 111 cm³/mol. The van der Waals surface area contributed by atoms with E-state index in [1.807, 2.05) is 18.2 Å². The molecule has 1 N–H and O–H groups in total. The lowest BCUT2D eigenvalue weighted by molar-refractivity contribution is 0.102. The van der Waals surface area contributed by atoms with Crippen molar-refractivity contribution in [3.63, 3.8) is 0 Å². The highest BCUT2D eigenvalue weighted by Crippen LogP contribution is 2.16. The van der Waals surface area contributed by atoms with Crippen molar-refractivity contribution >= 4 is 23.2 Å². The molecule has 0 aliphatic heterocycles. The summed E-state index contributed by atoms with van der Waals surface area (Å²) in [5.74, 6) is -0.317. The Labute approximate surface area is 171 Å². The molecule has 0 saturated heterocycles. The van der Waals surface area contributed by atoms with Gasteiger partial charge in [0.05, 0.1) is 30.2 Å². The molecule has 2 aromatic heterocycles. The fourth-order valence-electron chi connectivity index (χ4n) is 2.83. The number of nitrogens with zero attached hydrogens (tertiary/aromatic N) is 4. The van der Waals surface area contributed by atoms with Gasteiger partial charge < -0.3 is 9.88 Å². The normalized spacial score (nSPS) is 10.7. The largest absolute Gasteiger partial charge is 0.322 e. The van der Waals surface area contributed by atoms with Crippen LogP contribution in [0.15, 0.2) is 84.0 Å². The number of halogens is 1. The Bertz CT molecular complexity index is 1200. The fraction of sp³-hybridized carbons (Fsp3) is 0.0476. The molecule has 0 bridgehead atoms. The third kappa shape index (κ3) is 4.25. The number of carbonyl (C=O) groups excluding carboxylic acids is 1. The van der Waals surface area contributed by atoms with Gasteiger partial charge in [-0.05, 0) is 42.0 Å². The van der Waals surface area contributed by atoms with Crippen LogP contribution < -0.4 is 10.9 Å². The number of anilines is 1. The van der Waals surface area contributed by atoms with E-state index in [1.54, 1.807) is 42.7 Å². The summed E-state index contributed by atoms with van der Waals surface area (Å²) in [5, 5.41) is 11.5. The summed E-state index contributed by atoms with van der Waals surface area (Å²) < 4.78 is 1.46. The quantitative estimate of drug-likeness (QED) is 0.551. The minimum atomic E-state index is -0.317. The molecule has 0 fully saturated rings. The van der Waals surface area contributed by atoms with E-state index in [0.29, 0.717) is 16.3 Å². The van der Waals surface area contributed by atoms with Gasteiger partial charge in [0.15, 0.2) is 0 Å². The second-order valence-corrected chi connectivity index (χ2v) is 6.70. The highest BCUT2D eigenvalue weighted by Gasteiger charge is 2.10. The van der Waals surface area contributed by atoms with Crippen molar-refractivity contribution in [1.29, 1.82) is 0 Å². The molecule has 1 amide bonds. The Hall–Kier alpha value is -3.71. The number of aromatic nitrogens is 4. The van der Waals surface area contributed by atoms with E-state index in [2.05, 4.69) is 15.5 Å². The lowest BCUT2D eigenvalue weighted by Crippen LogP contribution is -2.22. The fourth-order valence-corrected chi connectivity index (χ4v) is 3.03. The van der Waals surface area contributed by atoms with E-state index in [0.717, 1.165) is 11.3 Å². The lowest BCUT2D eigenvalue weighted by Gasteiger charge is -2.10. The second kappa shape index (κ2) is 8.12. The van der Waals surface area contributed by atoms with Crippen LogP contribution in [0.2, 0.25) is 5.02 Å². The first-order chi connectivity index (χ1) is 14.1. The van der Waals surface area contributed by atoms with Gasteiger partial charge in [0, 0.05) is 23.0 Å². The number of pyridine rings is 1. The summed E-state index contributed by atoms with van der Waals surface area (Å²) >= 11 is 6.18. The predicted octanol–water partition coefficient (Wildman–Crippen LogP) is 3.38. The highest BCUT2D eigenvalue weighted by atomic mass is 35.5. The van der Waals surface area contributed by atoms with E-state index < -0.39 is 0 Å². The van der Waals surface area contributed by atoms with Crippen LogP contribution in [0.3, 0.4) is 0 Å². The summed E-state index contributed by atoms with van der Waals surface area (Å²) in [6.07, 6.45) is 4.71. The molecule has 144 valence electrons. The third-order valence-electron chi connectivity index (χ3n) is 4.32. The monoisotopic (exact) mass is 405 g/mol. The molecule has 0 radical (unpaired) electrons. The van der Waals surface area contributed by atoms with Crippen LogP contribution in [0, 0.1) is 0 Å². The zero-order valence-electron chi connectivity index (χ0n) is 15.2. The number of hydrogen-bond acceptors (Lipinski definition) is 4. The van der Waals surface area contributed by atoms with Gasteiger partial charge in [-0.25, -0.2) is 0 Å². The van der Waals surface area contributed by atoms with Crippen molar-refractivity contribution < 1.29 is 4.79 Å². The van der Waals surface area contributed by atoms with Gasteiger partial charge in [-0.15, -0.1) is 0 Å². The van der Waals surface area contributed by atoms with E-state index in [9.17, 15) is 9.59 Å². The average molecular weight is 406 g/mol. The number of benzene rings is 2. The molecule has 4 rings (SSSR count). The number of hydrogen-bond donors (Lipinski definition) is 1. The molecule has 8 heteroatoms. The number of nitrogens with one attached hydrogen (secondary N) is 1. The van der Waals surface area contributed by atoms with Gasteiger partial charge in [0.2, 0.25) is 0 Å². The first-order valence-corrected chi connectivity index (χ1v) is 9.20. The molecular formula is C21H16ClN5O2. The molecule has 4 aromatic rings. The zero-order chi connectivity index (χ0) is 20.2. The van der Waals surface area contributed by atoms with Gasteiger partial charge in [-0.2, -0.15) is 15.0 Å². The van der Waals surface area contributed by atoms with Crippen LogP contribution in [-0.2, 0) is 6.54 Å². The molecule has 0 atom stereocenters. The molecular weight excluding hydrogens is 390 g/mol. The Kier molecular flexibility index (Phi) is 5.22. The molecule has 0 spiro atoms. The van der Waals surface area contributed by atoms with Crippen molar-refractivity contribution in [3.05, 3.63) is 106 Å². The van der Waals surface area contributed by atoms with Crippen molar-refractivity contribution in [3.8, 4) is 5.69 Å². The highest BCUT2D eigenvalue weighted by molar-refractivity contribution is 6.31. The summed E-state index contributed by atoms with van der Waals surface area (Å²) in [7, 11) is 0. The smallest absolute Gasteiger partial charge is 0.257 e. The molecule has 0 aliphatic carbocycles. The maximum atomic E-state index is 12.6. The van der Waals surface area contributed by atoms with Crippen LogP contribution in [0.5, 0.6) is 0 Å². The van der Waals surface area contributed by atoms with E-state index >= 15 is 0 Å². The van der Waals surface area contributed by atoms with Crippen molar-refractivity contribution in [1.82, 2.24) is 19.6 Å². The Balaban J connectivity index is 1.51. The van der Waals surface area contributed by atoms with E-state index in [4.69, 9.17) is 11.6 Å². The number of amides is 1. The first-order valence-electron chi connectivity index (χ1n) is 8.82. The van der Waals surface area contributed by atoms with Gasteiger partial charge in [0.1, 0.15) is 0 Å². The summed E-state index contributed by atoms with van der Waals surface area (Å²) in [5.41, 5.74) is 2.36. The number of rotatable bonds is 5. The Morgan fingerprint density at radius 2 is 1.69 bits per heavy atom. The van der Waals surface area contributed by atoms with Gasteiger partial charge in [-0.1, -0.05) is 29.8 Å². The number of carbonyl (C=O) groups is 1. The summed E-state index contributed by atoms with van der Waals surface area (Å²) in [4.78, 5) is 26.3. The van der Waals surface area contributed by atoms with Gasteiger partial charge >= 0.3 is 0 Å². The van der Waals surface area contributed by atoms with Gasteiger partial charge in [0.25, 0.3) is 11.5 Å². The van der Waals surface area contributed by atoms with Crippen LogP contribution >= 0.6 is 11.6 Å². The maximum absolute atomic E-state index is 12.6. The topological polar surface area (TPSA) is 81.8 Å². The molecule has 2 aromatic carbocycles. The first kappa shape index (κ1) is 18.6. The molecule has 29 heavy (non-hydrogen) atoms. The molecule has 0 saturated carbocycles. The van der Waals surface area contributed by atoms with Crippen LogP contribution in [0.25, 0.3) is 5.69 Å². The van der Waals surface area contributed by atoms with Crippen LogP contribution in [0.4, 0.5) is 5.69 Å². The third-order valence-corrected chi connectivity index (χ3v) is 4.69. The van der Waals surface area contributed by atoms with Crippen molar-refractivity contribution in [2.45, 2.75) is 6.54 Å². The van der Waals surface area contributed by atoms with Crippen LogP contribution in [0.1, 0.15) is 15.9 Å². The van der Waals surface area contributed by atoms with Crippen LogP contribution in [-0.4, -0.2) is 25.5 Å². The lowest BCUT2D eigenvalue weighted by atomic mass is 10.2. The second-order valence-electron chi connectivity index (χ2n) is 6.29. The maximum Gasteiger partial charge on any atom is 0.257 e. The SMILES string of the molecule is O=C(Nc1ccc(-n2nccn2)cc1)c1ccc(=O)n(Cc2ccccc2Cl)c1. The van der Waals surface area contributed by atoms with E-state index in [-0.39, 0.29) is 18.0 Å².